The molecule has 31 heavy (non-hydrogen) atoms. The van der Waals surface area contributed by atoms with Gasteiger partial charge in [-0.3, -0.25) is 4.79 Å². The Bertz CT molecular complexity index is 1150. The number of carbonyl (C=O) groups excluding carboxylic acids is 1. The van der Waals surface area contributed by atoms with Crippen molar-refractivity contribution >= 4 is 17.4 Å². The highest BCUT2D eigenvalue weighted by atomic mass is 16.1. The topological polar surface area (TPSA) is 17.1 Å². The third-order valence-corrected chi connectivity index (χ3v) is 5.04. The van der Waals surface area contributed by atoms with Crippen LogP contribution in [-0.2, 0) is 4.79 Å². The summed E-state index contributed by atoms with van der Waals surface area (Å²) in [5.41, 5.74) is 9.94. The zero-order valence-corrected chi connectivity index (χ0v) is 17.1. The van der Waals surface area contributed by atoms with Crippen LogP contribution in [-0.4, -0.2) is 6.29 Å². The Morgan fingerprint density at radius 2 is 0.871 bits per heavy atom. The molecule has 4 aromatic rings. The summed E-state index contributed by atoms with van der Waals surface area (Å²) in [5, 5.41) is 0. The normalized spacial score (nSPS) is 9.94. The van der Waals surface area contributed by atoms with E-state index in [2.05, 4.69) is 30.0 Å². The first-order valence-corrected chi connectivity index (χ1v) is 10.2. The molecule has 0 fully saturated rings. The van der Waals surface area contributed by atoms with Crippen LogP contribution < -0.4 is 0 Å². The maximum absolute atomic E-state index is 12.2. The molecule has 0 amide bonds. The third-order valence-electron chi connectivity index (χ3n) is 5.04. The number of allylic oxidation sites excluding steroid dienone is 2. The van der Waals surface area contributed by atoms with Crippen molar-refractivity contribution in [1.82, 2.24) is 0 Å². The van der Waals surface area contributed by atoms with Gasteiger partial charge >= 0.3 is 0 Å². The Hall–Kier alpha value is -4.19. The first kappa shape index (κ1) is 20.1. The average Bonchev–Trinajstić information content (AvgIpc) is 2.86. The molecule has 0 saturated heterocycles. The van der Waals surface area contributed by atoms with Gasteiger partial charge in [0.2, 0.25) is 0 Å². The zero-order chi connectivity index (χ0) is 21.3. The van der Waals surface area contributed by atoms with Gasteiger partial charge in [-0.2, -0.15) is 0 Å². The van der Waals surface area contributed by atoms with Gasteiger partial charge in [-0.1, -0.05) is 121 Å². The summed E-state index contributed by atoms with van der Waals surface area (Å²) in [6.07, 6.45) is 2.72. The molecule has 0 N–H and O–H groups in total. The summed E-state index contributed by atoms with van der Waals surface area (Å²) in [6, 6.07) is 40.3. The first-order valence-electron chi connectivity index (χ1n) is 10.2. The minimum absolute atomic E-state index is 0.585. The fraction of sp³-hybridized carbons (Fsp3) is 0. The molecule has 1 nitrogen and oxygen atoms in total. The lowest BCUT2D eigenvalue weighted by atomic mass is 9.92. The van der Waals surface area contributed by atoms with Gasteiger partial charge in [-0.15, -0.1) is 5.73 Å². The van der Waals surface area contributed by atoms with Crippen molar-refractivity contribution in [3.05, 3.63) is 161 Å². The quantitative estimate of drug-likeness (QED) is 0.148. The number of hydrogen-bond donors (Lipinski definition) is 0. The van der Waals surface area contributed by atoms with Crippen molar-refractivity contribution in [1.29, 1.82) is 0 Å². The Morgan fingerprint density at radius 1 is 0.516 bits per heavy atom. The second-order valence-electron chi connectivity index (χ2n) is 7.08. The Balaban J connectivity index is 1.96. The molecule has 0 atom stereocenters. The van der Waals surface area contributed by atoms with Crippen molar-refractivity contribution in [2.45, 2.75) is 0 Å². The standard InChI is InChI=1S/C30H22O/c31-23-28(30(26-17-9-3-10-18-26)27-19-11-4-12-20-27)21-22-29(24-13-5-1-6-14-24)25-15-7-2-8-16-25/h1-21,23H. The number of aldehydes is 1. The number of hydrogen-bond acceptors (Lipinski definition) is 1. The minimum Gasteiger partial charge on any atom is -0.298 e. The van der Waals surface area contributed by atoms with Crippen LogP contribution in [0.1, 0.15) is 22.3 Å². The second kappa shape index (κ2) is 10.0. The van der Waals surface area contributed by atoms with Crippen molar-refractivity contribution in [2.75, 3.05) is 0 Å². The van der Waals surface area contributed by atoms with E-state index in [0.717, 1.165) is 39.7 Å². The lowest BCUT2D eigenvalue weighted by Gasteiger charge is -2.10. The summed E-state index contributed by atoms with van der Waals surface area (Å²) < 4.78 is 0. The van der Waals surface area contributed by atoms with Crippen molar-refractivity contribution < 1.29 is 4.79 Å². The fourth-order valence-electron chi connectivity index (χ4n) is 3.57. The van der Waals surface area contributed by atoms with Crippen LogP contribution in [0.25, 0.3) is 11.1 Å². The highest BCUT2D eigenvalue weighted by Gasteiger charge is 2.10. The van der Waals surface area contributed by atoms with Crippen molar-refractivity contribution in [2.24, 2.45) is 0 Å². The summed E-state index contributed by atoms with van der Waals surface area (Å²) in [5.74, 6) is 0. The molecule has 0 unspecified atom stereocenters. The minimum atomic E-state index is 0.585. The van der Waals surface area contributed by atoms with Gasteiger partial charge < -0.3 is 0 Å². The highest BCUT2D eigenvalue weighted by Crippen LogP contribution is 2.28. The van der Waals surface area contributed by atoms with E-state index in [-0.39, 0.29) is 0 Å². The number of benzene rings is 4. The Kier molecular flexibility index (Phi) is 6.50. The molecule has 148 valence electrons. The molecule has 0 aromatic heterocycles. The monoisotopic (exact) mass is 398 g/mol. The summed E-state index contributed by atoms with van der Waals surface area (Å²) in [6.45, 7) is 0. The van der Waals surface area contributed by atoms with E-state index in [0.29, 0.717) is 5.57 Å². The molecular formula is C30H22O. The van der Waals surface area contributed by atoms with E-state index in [1.54, 1.807) is 6.08 Å². The predicted molar refractivity (Wildman–Crippen MR) is 128 cm³/mol. The predicted octanol–water partition coefficient (Wildman–Crippen LogP) is 6.97. The molecule has 0 spiro atoms. The molecule has 4 rings (SSSR count). The van der Waals surface area contributed by atoms with Crippen LogP contribution in [0, 0.1) is 0 Å². The maximum Gasteiger partial charge on any atom is 0.151 e. The van der Waals surface area contributed by atoms with E-state index < -0.39 is 0 Å². The van der Waals surface area contributed by atoms with E-state index in [9.17, 15) is 4.79 Å². The fourth-order valence-corrected chi connectivity index (χ4v) is 3.57. The lowest BCUT2D eigenvalue weighted by Crippen LogP contribution is -1.94. The Labute approximate surface area is 183 Å². The molecule has 0 aliphatic carbocycles. The molecule has 0 aliphatic rings. The molecule has 0 saturated carbocycles. The van der Waals surface area contributed by atoms with Gasteiger partial charge in [0.05, 0.1) is 0 Å². The van der Waals surface area contributed by atoms with Gasteiger partial charge in [-0.25, -0.2) is 0 Å². The van der Waals surface area contributed by atoms with Crippen LogP contribution >= 0.6 is 0 Å². The van der Waals surface area contributed by atoms with Crippen LogP contribution in [0.3, 0.4) is 0 Å². The molecule has 0 heterocycles. The average molecular weight is 399 g/mol. The van der Waals surface area contributed by atoms with Gasteiger partial charge in [0, 0.05) is 16.7 Å². The maximum atomic E-state index is 12.2. The summed E-state index contributed by atoms with van der Waals surface area (Å²) in [7, 11) is 0. The van der Waals surface area contributed by atoms with Crippen LogP contribution in [0.2, 0.25) is 0 Å². The molecular weight excluding hydrogens is 376 g/mol. The van der Waals surface area contributed by atoms with Crippen molar-refractivity contribution in [3.8, 4) is 0 Å². The van der Waals surface area contributed by atoms with Crippen LogP contribution in [0.5, 0.6) is 0 Å². The van der Waals surface area contributed by atoms with E-state index in [1.165, 1.54) is 0 Å². The highest BCUT2D eigenvalue weighted by molar-refractivity contribution is 5.97. The van der Waals surface area contributed by atoms with Crippen molar-refractivity contribution in [3.63, 3.8) is 0 Å². The van der Waals surface area contributed by atoms with Crippen LogP contribution in [0.4, 0.5) is 0 Å². The second-order valence-corrected chi connectivity index (χ2v) is 7.08. The zero-order valence-electron chi connectivity index (χ0n) is 17.1. The lowest BCUT2D eigenvalue weighted by molar-refractivity contribution is -0.104. The van der Waals surface area contributed by atoms with Gasteiger partial charge in [0.15, 0.2) is 6.29 Å². The summed E-state index contributed by atoms with van der Waals surface area (Å²) >= 11 is 0. The Morgan fingerprint density at radius 3 is 1.23 bits per heavy atom. The van der Waals surface area contributed by atoms with E-state index in [4.69, 9.17) is 0 Å². The molecule has 0 radical (unpaired) electrons. The SMILES string of the molecule is O=CC(C=C=C(c1ccccc1)c1ccccc1)=C(c1ccccc1)c1ccccc1. The molecule has 1 heteroatoms. The van der Waals surface area contributed by atoms with Gasteiger partial charge in [-0.05, 0) is 28.3 Å². The smallest absolute Gasteiger partial charge is 0.151 e. The third kappa shape index (κ3) is 4.87. The van der Waals surface area contributed by atoms with E-state index >= 15 is 0 Å². The first-order chi connectivity index (χ1) is 15.4. The molecule has 0 bridgehead atoms. The van der Waals surface area contributed by atoms with Gasteiger partial charge in [0.1, 0.15) is 0 Å². The number of rotatable bonds is 6. The molecule has 4 aromatic carbocycles. The summed E-state index contributed by atoms with van der Waals surface area (Å²) in [4.78, 5) is 12.2. The van der Waals surface area contributed by atoms with Crippen LogP contribution in [0.15, 0.2) is 139 Å². The molecule has 0 aliphatic heterocycles. The van der Waals surface area contributed by atoms with Gasteiger partial charge in [0.25, 0.3) is 0 Å². The largest absolute Gasteiger partial charge is 0.298 e. The van der Waals surface area contributed by atoms with E-state index in [1.807, 2.05) is 97.1 Å². The number of carbonyl (C=O) groups is 1.